The first-order valence-corrected chi connectivity index (χ1v) is 13.7. The summed E-state index contributed by atoms with van der Waals surface area (Å²) in [5.74, 6) is 6.19. The first kappa shape index (κ1) is 24.6. The molecule has 1 aliphatic heterocycles. The van der Waals surface area contributed by atoms with Crippen LogP contribution in [0.4, 0.5) is 0 Å². The minimum Gasteiger partial charge on any atom is -0.381 e. The number of aromatic nitrogens is 4. The van der Waals surface area contributed by atoms with Crippen LogP contribution in [0.3, 0.4) is 0 Å². The van der Waals surface area contributed by atoms with Crippen molar-refractivity contribution in [1.29, 1.82) is 0 Å². The summed E-state index contributed by atoms with van der Waals surface area (Å²) in [4.78, 5) is 14.5. The number of hydrogen-bond donors (Lipinski definition) is 5. The maximum absolute atomic E-state index is 10.0. The summed E-state index contributed by atoms with van der Waals surface area (Å²) in [6.45, 7) is 1.68. The fraction of sp³-hybridized carbons (Fsp3) is 0.0556. The largest absolute Gasteiger partial charge is 0.381 e. The molecular formula is C36H28N4O. The normalized spacial score (nSPS) is 13.4. The van der Waals surface area contributed by atoms with Gasteiger partial charge in [-0.15, -0.1) is 0 Å². The van der Waals surface area contributed by atoms with Crippen molar-refractivity contribution in [3.8, 4) is 11.8 Å². The number of aromatic amines is 4. The second-order valence-electron chi connectivity index (χ2n) is 10.2. The van der Waals surface area contributed by atoms with E-state index >= 15 is 0 Å². The molecule has 0 saturated carbocycles. The van der Waals surface area contributed by atoms with E-state index in [0.717, 1.165) is 72.0 Å². The van der Waals surface area contributed by atoms with E-state index in [1.54, 1.807) is 6.92 Å². The van der Waals surface area contributed by atoms with Crippen molar-refractivity contribution in [3.63, 3.8) is 0 Å². The molecule has 5 N–H and O–H groups in total. The smallest absolute Gasteiger partial charge is 0.112 e. The molecule has 8 bridgehead atoms. The van der Waals surface area contributed by atoms with Crippen molar-refractivity contribution in [1.82, 2.24) is 19.9 Å². The van der Waals surface area contributed by atoms with Gasteiger partial charge in [0.05, 0.1) is 16.6 Å². The summed E-state index contributed by atoms with van der Waals surface area (Å²) in [7, 11) is 0. The zero-order chi connectivity index (χ0) is 27.8. The van der Waals surface area contributed by atoms with Crippen LogP contribution < -0.4 is 21.4 Å². The Morgan fingerprint density at radius 2 is 1.15 bits per heavy atom. The van der Waals surface area contributed by atoms with Crippen LogP contribution in [0.5, 0.6) is 0 Å². The molecule has 0 spiro atoms. The Bertz CT molecular complexity index is 2180. The van der Waals surface area contributed by atoms with E-state index in [1.165, 1.54) is 0 Å². The third-order valence-electron chi connectivity index (χ3n) is 7.25. The highest BCUT2D eigenvalue weighted by Gasteiger charge is 2.14. The SMILES string of the molecule is CC(O)C#CC1=c2ccc([nH]2)=C(c2ccccc2)c2ccc([nH]2)C=c2ccc([nH]2)=C(c2ccccc2)c2ccc1[nH]2. The van der Waals surface area contributed by atoms with Crippen LogP contribution in [0.25, 0.3) is 22.8 Å². The van der Waals surface area contributed by atoms with Crippen molar-refractivity contribution >= 4 is 22.8 Å². The van der Waals surface area contributed by atoms with E-state index in [0.29, 0.717) is 0 Å². The monoisotopic (exact) mass is 532 g/mol. The number of benzene rings is 2. The Balaban J connectivity index is 1.59. The van der Waals surface area contributed by atoms with Gasteiger partial charge in [-0.1, -0.05) is 72.5 Å². The summed E-state index contributed by atoms with van der Waals surface area (Å²) in [5, 5.41) is 13.9. The van der Waals surface area contributed by atoms with E-state index in [1.807, 2.05) is 12.1 Å². The summed E-state index contributed by atoms with van der Waals surface area (Å²) >= 11 is 0. The van der Waals surface area contributed by atoms with Crippen LogP contribution in [-0.4, -0.2) is 31.1 Å². The Morgan fingerprint density at radius 1 is 0.561 bits per heavy atom. The molecule has 5 heteroatoms. The molecule has 1 unspecified atom stereocenters. The van der Waals surface area contributed by atoms with Gasteiger partial charge in [0.1, 0.15) is 6.10 Å². The standard InChI is InChI=1S/C36H28N4O/c1-23(41)12-15-28-29-18-20-33(39-29)35(24-8-4-2-5-9-24)31-16-13-26(37-31)22-27-14-17-32(38-27)36(25-10-6-3-7-11-25)34-21-19-30(28)40-34/h2-11,13-14,16-23,37-41H,1H3. The fourth-order valence-corrected chi connectivity index (χ4v) is 5.40. The minimum absolute atomic E-state index is 0.754. The predicted octanol–water partition coefficient (Wildman–Crippen LogP) is 3.22. The molecule has 41 heavy (non-hydrogen) atoms. The lowest BCUT2D eigenvalue weighted by molar-refractivity contribution is 0.253. The molecule has 1 atom stereocenters. The Morgan fingerprint density at radius 3 is 1.85 bits per heavy atom. The van der Waals surface area contributed by atoms with E-state index < -0.39 is 6.10 Å². The maximum Gasteiger partial charge on any atom is 0.112 e. The first-order chi connectivity index (χ1) is 20.1. The van der Waals surface area contributed by atoms with Gasteiger partial charge in [-0.2, -0.15) is 0 Å². The van der Waals surface area contributed by atoms with Crippen LogP contribution >= 0.6 is 0 Å². The maximum atomic E-state index is 10.0. The molecule has 0 amide bonds. The van der Waals surface area contributed by atoms with E-state index in [4.69, 9.17) is 0 Å². The Hall–Kier alpha value is -5.44. The highest BCUT2D eigenvalue weighted by Crippen LogP contribution is 2.23. The molecule has 0 aliphatic carbocycles. The van der Waals surface area contributed by atoms with Gasteiger partial charge >= 0.3 is 0 Å². The third kappa shape index (κ3) is 4.78. The molecular weight excluding hydrogens is 504 g/mol. The van der Waals surface area contributed by atoms with E-state index in [-0.39, 0.29) is 0 Å². The predicted molar refractivity (Wildman–Crippen MR) is 163 cm³/mol. The van der Waals surface area contributed by atoms with Crippen molar-refractivity contribution in [2.45, 2.75) is 13.0 Å². The molecule has 1 aliphatic rings. The number of fused-ring (bicyclic) bond motifs is 8. The summed E-state index contributed by atoms with van der Waals surface area (Å²) in [6.07, 6.45) is 1.37. The molecule has 2 aromatic carbocycles. The highest BCUT2D eigenvalue weighted by atomic mass is 16.3. The van der Waals surface area contributed by atoms with Crippen molar-refractivity contribution in [3.05, 3.63) is 164 Å². The second-order valence-corrected chi connectivity index (χ2v) is 10.2. The van der Waals surface area contributed by atoms with Gasteiger partial charge in [-0.05, 0) is 72.7 Å². The molecule has 0 fully saturated rings. The topological polar surface area (TPSA) is 83.4 Å². The number of aliphatic hydroxyl groups is 1. The molecule has 0 radical (unpaired) electrons. The van der Waals surface area contributed by atoms with Gasteiger partial charge in [0.25, 0.3) is 0 Å². The van der Waals surface area contributed by atoms with Crippen LogP contribution in [-0.2, 0) is 0 Å². The Labute approximate surface area is 237 Å². The zero-order valence-electron chi connectivity index (χ0n) is 22.5. The van der Waals surface area contributed by atoms with Gasteiger partial charge in [-0.3, -0.25) is 0 Å². The van der Waals surface area contributed by atoms with Crippen LogP contribution in [0, 0.1) is 11.8 Å². The Kier molecular flexibility index (Phi) is 6.16. The van der Waals surface area contributed by atoms with Gasteiger partial charge < -0.3 is 25.0 Å². The van der Waals surface area contributed by atoms with Crippen molar-refractivity contribution in [2.75, 3.05) is 0 Å². The molecule has 0 saturated heterocycles. The van der Waals surface area contributed by atoms with E-state index in [9.17, 15) is 5.11 Å². The van der Waals surface area contributed by atoms with Crippen LogP contribution in [0.15, 0.2) is 109 Å². The van der Waals surface area contributed by atoms with E-state index in [2.05, 4.69) is 135 Å². The fourth-order valence-electron chi connectivity index (χ4n) is 5.40. The summed E-state index contributed by atoms with van der Waals surface area (Å²) in [5.41, 5.74) is 8.93. The van der Waals surface area contributed by atoms with Gasteiger partial charge in [0.15, 0.2) is 0 Å². The molecule has 5 nitrogen and oxygen atoms in total. The van der Waals surface area contributed by atoms with Gasteiger partial charge in [0, 0.05) is 44.3 Å². The number of aliphatic hydroxyl groups excluding tert-OH is 1. The molecule has 7 rings (SSSR count). The average molecular weight is 533 g/mol. The summed E-state index contributed by atoms with van der Waals surface area (Å²) < 4.78 is 0. The quantitative estimate of drug-likeness (QED) is 0.218. The molecule has 4 aromatic heterocycles. The minimum atomic E-state index is -0.754. The van der Waals surface area contributed by atoms with Gasteiger partial charge in [0.2, 0.25) is 0 Å². The van der Waals surface area contributed by atoms with Gasteiger partial charge in [-0.25, -0.2) is 0 Å². The lowest BCUT2D eigenvalue weighted by Crippen LogP contribution is -2.17. The number of H-pyrrole nitrogens is 4. The highest BCUT2D eigenvalue weighted by molar-refractivity contribution is 5.82. The number of hydrogen-bond acceptors (Lipinski definition) is 1. The third-order valence-corrected chi connectivity index (χ3v) is 7.25. The first-order valence-electron chi connectivity index (χ1n) is 13.7. The summed E-state index contributed by atoms with van der Waals surface area (Å²) in [6, 6.07) is 37.4. The van der Waals surface area contributed by atoms with Crippen molar-refractivity contribution in [2.24, 2.45) is 0 Å². The zero-order valence-corrected chi connectivity index (χ0v) is 22.5. The number of nitrogens with one attached hydrogen (secondary N) is 4. The van der Waals surface area contributed by atoms with Crippen LogP contribution in [0.1, 0.15) is 40.8 Å². The van der Waals surface area contributed by atoms with Crippen LogP contribution in [0.2, 0.25) is 0 Å². The molecule has 5 heterocycles. The molecule has 6 aromatic rings. The second kappa shape index (κ2) is 10.3. The average Bonchev–Trinajstić information content (AvgIpc) is 3.80. The lowest BCUT2D eigenvalue weighted by atomic mass is 10.0. The number of rotatable bonds is 2. The molecule has 198 valence electrons. The van der Waals surface area contributed by atoms with Crippen molar-refractivity contribution < 1.29 is 5.11 Å². The lowest BCUT2D eigenvalue weighted by Gasteiger charge is -2.06.